The molecule has 2 aromatic rings. The molecule has 25 heavy (non-hydrogen) atoms. The first-order chi connectivity index (χ1) is 12.2. The average molecular weight is 340 g/mol. The van der Waals surface area contributed by atoms with Gasteiger partial charge in [0.05, 0.1) is 6.04 Å². The van der Waals surface area contributed by atoms with Crippen LogP contribution in [0, 0.1) is 0 Å². The van der Waals surface area contributed by atoms with E-state index in [1.54, 1.807) is 19.2 Å². The number of carbonyl (C=O) groups is 1. The molecule has 0 aliphatic carbocycles. The Morgan fingerprint density at radius 1 is 1.24 bits per heavy atom. The summed E-state index contributed by atoms with van der Waals surface area (Å²) in [5.41, 5.74) is 3.13. The van der Waals surface area contributed by atoms with Crippen LogP contribution in [0.5, 0.6) is 17.2 Å². The highest BCUT2D eigenvalue weighted by atomic mass is 16.7. The van der Waals surface area contributed by atoms with E-state index in [4.69, 9.17) is 9.47 Å². The van der Waals surface area contributed by atoms with Crippen LogP contribution in [0.1, 0.15) is 16.7 Å². The number of phenolic OH excluding ortho intramolecular Hbond substituents is 1. The number of carbonyl (C=O) groups excluding carboxylic acids is 1. The molecule has 2 aliphatic heterocycles. The Bertz CT molecular complexity index is 821. The summed E-state index contributed by atoms with van der Waals surface area (Å²) in [5.74, 6) is 1.31. The van der Waals surface area contributed by atoms with Crippen LogP contribution in [0.15, 0.2) is 36.4 Å². The third-order valence-electron chi connectivity index (χ3n) is 4.84. The standard InChI is InChI=1S/C19H20N2O4/c1-20-19(23)15-6-12-4-2-3-5-13(12)9-21(15)10-14-7-17-18(8-16(14)22)25-11-24-17/h2-5,7-8,15,22H,6,9-11H2,1H3,(H,20,23)/t15-/m0/s1. The summed E-state index contributed by atoms with van der Waals surface area (Å²) in [6, 6.07) is 11.3. The lowest BCUT2D eigenvalue weighted by Crippen LogP contribution is -2.49. The Balaban J connectivity index is 1.65. The lowest BCUT2D eigenvalue weighted by Gasteiger charge is -2.35. The number of rotatable bonds is 3. The predicted molar refractivity (Wildman–Crippen MR) is 91.5 cm³/mol. The summed E-state index contributed by atoms with van der Waals surface area (Å²) >= 11 is 0. The Hall–Kier alpha value is -2.73. The average Bonchev–Trinajstić information content (AvgIpc) is 3.07. The van der Waals surface area contributed by atoms with Gasteiger partial charge in [0.25, 0.3) is 0 Å². The van der Waals surface area contributed by atoms with Crippen molar-refractivity contribution in [1.29, 1.82) is 0 Å². The van der Waals surface area contributed by atoms with Gasteiger partial charge in [0.15, 0.2) is 11.5 Å². The Kier molecular flexibility index (Phi) is 3.97. The number of phenols is 1. The number of likely N-dealkylation sites (N-methyl/N-ethyl adjacent to an activating group) is 1. The van der Waals surface area contributed by atoms with Gasteiger partial charge in [-0.15, -0.1) is 0 Å². The number of ether oxygens (including phenoxy) is 2. The van der Waals surface area contributed by atoms with Crippen molar-refractivity contribution in [2.75, 3.05) is 13.8 Å². The Morgan fingerprint density at radius 3 is 2.72 bits per heavy atom. The number of nitrogens with zero attached hydrogens (tertiary/aromatic N) is 1. The van der Waals surface area contributed by atoms with Gasteiger partial charge < -0.3 is 19.9 Å². The maximum absolute atomic E-state index is 12.4. The number of aromatic hydroxyl groups is 1. The molecule has 4 rings (SSSR count). The van der Waals surface area contributed by atoms with Crippen molar-refractivity contribution in [2.24, 2.45) is 0 Å². The number of hydrogen-bond donors (Lipinski definition) is 2. The van der Waals surface area contributed by atoms with Crippen molar-refractivity contribution >= 4 is 5.91 Å². The van der Waals surface area contributed by atoms with Gasteiger partial charge >= 0.3 is 0 Å². The summed E-state index contributed by atoms with van der Waals surface area (Å²) in [6.07, 6.45) is 0.654. The SMILES string of the molecule is CNC(=O)[C@@H]1Cc2ccccc2CN1Cc1cc2c(cc1O)OCO2. The maximum atomic E-state index is 12.4. The minimum absolute atomic E-state index is 0.0188. The first kappa shape index (κ1) is 15.8. The smallest absolute Gasteiger partial charge is 0.237 e. The molecule has 0 spiro atoms. The fourth-order valence-electron chi connectivity index (χ4n) is 3.49. The van der Waals surface area contributed by atoms with Crippen molar-refractivity contribution in [1.82, 2.24) is 10.2 Å². The number of hydrogen-bond acceptors (Lipinski definition) is 5. The third kappa shape index (κ3) is 2.89. The molecule has 6 heteroatoms. The summed E-state index contributed by atoms with van der Waals surface area (Å²) in [6.45, 7) is 1.27. The molecule has 2 heterocycles. The molecule has 2 aromatic carbocycles. The second kappa shape index (κ2) is 6.29. The minimum Gasteiger partial charge on any atom is -0.507 e. The van der Waals surface area contributed by atoms with Crippen molar-refractivity contribution in [3.8, 4) is 17.2 Å². The van der Waals surface area contributed by atoms with E-state index in [0.29, 0.717) is 31.0 Å². The van der Waals surface area contributed by atoms with Crippen LogP contribution in [-0.4, -0.2) is 35.8 Å². The molecule has 2 N–H and O–H groups in total. The molecule has 2 aliphatic rings. The summed E-state index contributed by atoms with van der Waals surface area (Å²) in [5, 5.41) is 13.1. The maximum Gasteiger partial charge on any atom is 0.237 e. The second-order valence-electron chi connectivity index (χ2n) is 6.34. The molecule has 0 bridgehead atoms. The van der Waals surface area contributed by atoms with Crippen LogP contribution < -0.4 is 14.8 Å². The lowest BCUT2D eigenvalue weighted by atomic mass is 9.93. The van der Waals surface area contributed by atoms with Crippen molar-refractivity contribution in [3.63, 3.8) is 0 Å². The fourth-order valence-corrected chi connectivity index (χ4v) is 3.49. The van der Waals surface area contributed by atoms with E-state index >= 15 is 0 Å². The van der Waals surface area contributed by atoms with E-state index in [0.717, 1.165) is 5.56 Å². The van der Waals surface area contributed by atoms with Crippen LogP contribution in [0.25, 0.3) is 0 Å². The highest BCUT2D eigenvalue weighted by Gasteiger charge is 2.31. The molecular weight excluding hydrogens is 320 g/mol. The van der Waals surface area contributed by atoms with E-state index in [1.165, 1.54) is 11.1 Å². The third-order valence-corrected chi connectivity index (χ3v) is 4.84. The fraction of sp³-hybridized carbons (Fsp3) is 0.316. The first-order valence-corrected chi connectivity index (χ1v) is 8.29. The monoisotopic (exact) mass is 340 g/mol. The van der Waals surface area contributed by atoms with Gasteiger partial charge in [0, 0.05) is 31.8 Å². The largest absolute Gasteiger partial charge is 0.507 e. The molecule has 1 amide bonds. The van der Waals surface area contributed by atoms with Gasteiger partial charge in [-0.3, -0.25) is 9.69 Å². The highest BCUT2D eigenvalue weighted by molar-refractivity contribution is 5.82. The van der Waals surface area contributed by atoms with Gasteiger partial charge in [-0.25, -0.2) is 0 Å². The number of nitrogens with one attached hydrogen (secondary N) is 1. The summed E-state index contributed by atoms with van der Waals surface area (Å²) < 4.78 is 10.7. The van der Waals surface area contributed by atoms with E-state index in [9.17, 15) is 9.90 Å². The van der Waals surface area contributed by atoms with Crippen molar-refractivity contribution in [3.05, 3.63) is 53.1 Å². The molecule has 1 atom stereocenters. The van der Waals surface area contributed by atoms with Gasteiger partial charge in [0.2, 0.25) is 12.7 Å². The van der Waals surface area contributed by atoms with Crippen LogP contribution in [-0.2, 0) is 24.3 Å². The van der Waals surface area contributed by atoms with Crippen molar-refractivity contribution < 1.29 is 19.4 Å². The predicted octanol–water partition coefficient (Wildman–Crippen LogP) is 1.79. The zero-order valence-corrected chi connectivity index (χ0v) is 14.0. The van der Waals surface area contributed by atoms with Gasteiger partial charge in [-0.1, -0.05) is 24.3 Å². The van der Waals surface area contributed by atoms with Gasteiger partial charge in [0.1, 0.15) is 5.75 Å². The zero-order chi connectivity index (χ0) is 17.4. The molecule has 0 saturated heterocycles. The Morgan fingerprint density at radius 2 is 1.96 bits per heavy atom. The van der Waals surface area contributed by atoms with Crippen molar-refractivity contribution in [2.45, 2.75) is 25.6 Å². The van der Waals surface area contributed by atoms with E-state index in [2.05, 4.69) is 22.3 Å². The van der Waals surface area contributed by atoms with Crippen LogP contribution >= 0.6 is 0 Å². The Labute approximate surface area is 146 Å². The van der Waals surface area contributed by atoms with Crippen LogP contribution in [0.3, 0.4) is 0 Å². The molecule has 0 radical (unpaired) electrons. The molecule has 0 aromatic heterocycles. The molecular formula is C19H20N2O4. The minimum atomic E-state index is -0.273. The van der Waals surface area contributed by atoms with Crippen LogP contribution in [0.2, 0.25) is 0 Å². The van der Waals surface area contributed by atoms with Gasteiger partial charge in [-0.05, 0) is 23.6 Å². The lowest BCUT2D eigenvalue weighted by molar-refractivity contribution is -0.126. The second-order valence-corrected chi connectivity index (χ2v) is 6.34. The molecule has 0 saturated carbocycles. The summed E-state index contributed by atoms with van der Waals surface area (Å²) in [7, 11) is 1.65. The zero-order valence-electron chi connectivity index (χ0n) is 14.0. The number of amides is 1. The van der Waals surface area contributed by atoms with Gasteiger partial charge in [-0.2, -0.15) is 0 Å². The molecule has 0 unspecified atom stereocenters. The quantitative estimate of drug-likeness (QED) is 0.891. The van der Waals surface area contributed by atoms with E-state index in [1.807, 2.05) is 12.1 Å². The molecule has 0 fully saturated rings. The van der Waals surface area contributed by atoms with E-state index < -0.39 is 0 Å². The first-order valence-electron chi connectivity index (χ1n) is 8.29. The molecule has 130 valence electrons. The molecule has 6 nitrogen and oxygen atoms in total. The van der Waals surface area contributed by atoms with E-state index in [-0.39, 0.29) is 24.5 Å². The normalized spacial score (nSPS) is 18.7. The topological polar surface area (TPSA) is 71.0 Å². The van der Waals surface area contributed by atoms with Crippen LogP contribution in [0.4, 0.5) is 0 Å². The number of benzene rings is 2. The number of fused-ring (bicyclic) bond motifs is 2. The summed E-state index contributed by atoms with van der Waals surface area (Å²) in [4.78, 5) is 14.5. The highest BCUT2D eigenvalue weighted by Crippen LogP contribution is 2.38.